The summed E-state index contributed by atoms with van der Waals surface area (Å²) in [7, 11) is 0. The molecule has 0 amide bonds. The van der Waals surface area contributed by atoms with E-state index in [1.54, 1.807) is 17.8 Å². The zero-order chi connectivity index (χ0) is 10.4. The lowest BCUT2D eigenvalue weighted by Crippen LogP contribution is -1.86. The van der Waals surface area contributed by atoms with Gasteiger partial charge >= 0.3 is 0 Å². The van der Waals surface area contributed by atoms with Gasteiger partial charge in [0.15, 0.2) is 0 Å². The standard InChI is InChI=1S/C11H13FOS/c1-2-3-4-14-11-6-9(8-13)5-10(12)7-11/h5-8H,2-4H2,1H3. The van der Waals surface area contributed by atoms with Crippen molar-refractivity contribution in [2.24, 2.45) is 0 Å². The molecule has 0 fully saturated rings. The molecule has 0 atom stereocenters. The fourth-order valence-corrected chi connectivity index (χ4v) is 2.15. The van der Waals surface area contributed by atoms with Gasteiger partial charge in [-0.25, -0.2) is 4.39 Å². The normalized spacial score (nSPS) is 10.1. The Labute approximate surface area is 87.7 Å². The summed E-state index contributed by atoms with van der Waals surface area (Å²) in [5.74, 6) is 0.631. The van der Waals surface area contributed by atoms with Crippen LogP contribution in [0.5, 0.6) is 0 Å². The molecule has 0 saturated heterocycles. The van der Waals surface area contributed by atoms with Gasteiger partial charge in [-0.2, -0.15) is 0 Å². The minimum atomic E-state index is -0.339. The Morgan fingerprint density at radius 3 is 2.86 bits per heavy atom. The number of halogens is 1. The molecule has 76 valence electrons. The van der Waals surface area contributed by atoms with E-state index in [9.17, 15) is 9.18 Å². The number of carbonyl (C=O) groups excluding carboxylic acids is 1. The van der Waals surface area contributed by atoms with Gasteiger partial charge in [0, 0.05) is 10.5 Å². The molecule has 3 heteroatoms. The smallest absolute Gasteiger partial charge is 0.150 e. The number of thioether (sulfide) groups is 1. The van der Waals surface area contributed by atoms with Gasteiger partial charge in [-0.1, -0.05) is 13.3 Å². The van der Waals surface area contributed by atoms with Crippen molar-refractivity contribution in [3.63, 3.8) is 0 Å². The molecule has 1 aromatic carbocycles. The Hall–Kier alpha value is -0.830. The Morgan fingerprint density at radius 1 is 1.43 bits per heavy atom. The van der Waals surface area contributed by atoms with E-state index in [-0.39, 0.29) is 5.82 Å². The summed E-state index contributed by atoms with van der Waals surface area (Å²) >= 11 is 1.59. The molecule has 0 aliphatic carbocycles. The Morgan fingerprint density at radius 2 is 2.21 bits per heavy atom. The molecule has 0 aliphatic heterocycles. The predicted octanol–water partition coefficient (Wildman–Crippen LogP) is 3.53. The van der Waals surface area contributed by atoms with Gasteiger partial charge in [-0.3, -0.25) is 4.79 Å². The number of hydrogen-bond acceptors (Lipinski definition) is 2. The zero-order valence-electron chi connectivity index (χ0n) is 8.13. The molecule has 0 bridgehead atoms. The third-order valence-corrected chi connectivity index (χ3v) is 2.86. The average molecular weight is 212 g/mol. The Balaban J connectivity index is 2.66. The van der Waals surface area contributed by atoms with Crippen LogP contribution in [0.3, 0.4) is 0 Å². The highest BCUT2D eigenvalue weighted by Gasteiger charge is 2.00. The molecule has 1 aromatic rings. The molecule has 0 saturated carbocycles. The van der Waals surface area contributed by atoms with Crippen molar-refractivity contribution in [2.45, 2.75) is 24.7 Å². The van der Waals surface area contributed by atoms with Gasteiger partial charge in [0.1, 0.15) is 12.1 Å². The lowest BCUT2D eigenvalue weighted by Gasteiger charge is -2.01. The van der Waals surface area contributed by atoms with Crippen LogP contribution < -0.4 is 0 Å². The topological polar surface area (TPSA) is 17.1 Å². The second-order valence-electron chi connectivity index (χ2n) is 3.04. The quantitative estimate of drug-likeness (QED) is 0.422. The Bertz CT molecular complexity index is 312. The second-order valence-corrected chi connectivity index (χ2v) is 4.21. The predicted molar refractivity (Wildman–Crippen MR) is 57.4 cm³/mol. The fourth-order valence-electron chi connectivity index (χ4n) is 1.07. The minimum Gasteiger partial charge on any atom is -0.298 e. The van der Waals surface area contributed by atoms with Crippen molar-refractivity contribution in [1.82, 2.24) is 0 Å². The molecular weight excluding hydrogens is 199 g/mol. The van der Waals surface area contributed by atoms with Crippen molar-refractivity contribution in [3.05, 3.63) is 29.6 Å². The number of unbranched alkanes of at least 4 members (excludes halogenated alkanes) is 1. The van der Waals surface area contributed by atoms with Crippen LogP contribution in [-0.4, -0.2) is 12.0 Å². The van der Waals surface area contributed by atoms with E-state index in [2.05, 4.69) is 6.92 Å². The summed E-state index contributed by atoms with van der Waals surface area (Å²) in [4.78, 5) is 11.3. The Kier molecular flexibility index (Phi) is 4.66. The molecule has 1 nitrogen and oxygen atoms in total. The number of benzene rings is 1. The van der Waals surface area contributed by atoms with E-state index < -0.39 is 0 Å². The highest BCUT2D eigenvalue weighted by molar-refractivity contribution is 7.99. The first-order chi connectivity index (χ1) is 6.76. The fraction of sp³-hybridized carbons (Fsp3) is 0.364. The minimum absolute atomic E-state index is 0.339. The molecular formula is C11H13FOS. The number of rotatable bonds is 5. The summed E-state index contributed by atoms with van der Waals surface area (Å²) in [6.45, 7) is 2.11. The summed E-state index contributed by atoms with van der Waals surface area (Å²) in [5, 5.41) is 0. The van der Waals surface area contributed by atoms with E-state index in [0.29, 0.717) is 11.8 Å². The summed E-state index contributed by atoms with van der Waals surface area (Å²) in [6.07, 6.45) is 2.91. The summed E-state index contributed by atoms with van der Waals surface area (Å²) in [5.41, 5.74) is 0.406. The van der Waals surface area contributed by atoms with Crippen LogP contribution in [0.15, 0.2) is 23.1 Å². The maximum Gasteiger partial charge on any atom is 0.150 e. The van der Waals surface area contributed by atoms with Gasteiger partial charge in [0.05, 0.1) is 0 Å². The first-order valence-electron chi connectivity index (χ1n) is 4.65. The largest absolute Gasteiger partial charge is 0.298 e. The first-order valence-corrected chi connectivity index (χ1v) is 5.63. The highest BCUT2D eigenvalue weighted by atomic mass is 32.2. The third kappa shape index (κ3) is 3.50. The summed E-state index contributed by atoms with van der Waals surface area (Å²) < 4.78 is 13.0. The van der Waals surface area contributed by atoms with Gasteiger partial charge in [0.25, 0.3) is 0 Å². The van der Waals surface area contributed by atoms with E-state index in [1.165, 1.54) is 12.1 Å². The highest BCUT2D eigenvalue weighted by Crippen LogP contribution is 2.21. The SMILES string of the molecule is CCCCSc1cc(F)cc(C=O)c1. The zero-order valence-corrected chi connectivity index (χ0v) is 8.94. The van der Waals surface area contributed by atoms with Crippen LogP contribution in [0.25, 0.3) is 0 Å². The van der Waals surface area contributed by atoms with Crippen LogP contribution in [0.1, 0.15) is 30.1 Å². The second kappa shape index (κ2) is 5.81. The lowest BCUT2D eigenvalue weighted by atomic mass is 10.2. The van der Waals surface area contributed by atoms with Crippen LogP contribution >= 0.6 is 11.8 Å². The molecule has 0 radical (unpaired) electrons. The van der Waals surface area contributed by atoms with Crippen LogP contribution in [-0.2, 0) is 0 Å². The molecule has 1 rings (SSSR count). The first kappa shape index (κ1) is 11.2. The van der Waals surface area contributed by atoms with Crippen LogP contribution in [0.4, 0.5) is 4.39 Å². The van der Waals surface area contributed by atoms with E-state index in [0.717, 1.165) is 23.5 Å². The van der Waals surface area contributed by atoms with Crippen molar-refractivity contribution in [3.8, 4) is 0 Å². The van der Waals surface area contributed by atoms with E-state index in [1.807, 2.05) is 0 Å². The number of aldehydes is 1. The van der Waals surface area contributed by atoms with Gasteiger partial charge in [-0.15, -0.1) is 11.8 Å². The summed E-state index contributed by atoms with van der Waals surface area (Å²) in [6, 6.07) is 4.43. The number of carbonyl (C=O) groups is 1. The van der Waals surface area contributed by atoms with Crippen LogP contribution in [0.2, 0.25) is 0 Å². The molecule has 0 heterocycles. The van der Waals surface area contributed by atoms with Gasteiger partial charge in [-0.05, 0) is 30.4 Å². The molecule has 0 aliphatic rings. The van der Waals surface area contributed by atoms with E-state index >= 15 is 0 Å². The van der Waals surface area contributed by atoms with E-state index in [4.69, 9.17) is 0 Å². The molecule has 14 heavy (non-hydrogen) atoms. The van der Waals surface area contributed by atoms with Crippen molar-refractivity contribution in [2.75, 3.05) is 5.75 Å². The molecule has 0 spiro atoms. The van der Waals surface area contributed by atoms with Gasteiger partial charge in [0.2, 0.25) is 0 Å². The van der Waals surface area contributed by atoms with Gasteiger partial charge < -0.3 is 0 Å². The average Bonchev–Trinajstić information content (AvgIpc) is 2.17. The molecule has 0 aromatic heterocycles. The molecule has 0 N–H and O–H groups in total. The maximum atomic E-state index is 13.0. The lowest BCUT2D eigenvalue weighted by molar-refractivity contribution is 0.112. The maximum absolute atomic E-state index is 13.0. The van der Waals surface area contributed by atoms with Crippen molar-refractivity contribution >= 4 is 18.0 Å². The third-order valence-electron chi connectivity index (χ3n) is 1.80. The van der Waals surface area contributed by atoms with Crippen molar-refractivity contribution in [1.29, 1.82) is 0 Å². The van der Waals surface area contributed by atoms with Crippen molar-refractivity contribution < 1.29 is 9.18 Å². The van der Waals surface area contributed by atoms with Crippen LogP contribution in [0, 0.1) is 5.82 Å². The monoisotopic (exact) mass is 212 g/mol. The molecule has 0 unspecified atom stereocenters. The number of hydrogen-bond donors (Lipinski definition) is 0.